The van der Waals surface area contributed by atoms with Crippen LogP contribution in [0.25, 0.3) is 0 Å². The Bertz CT molecular complexity index is 762. The van der Waals surface area contributed by atoms with Crippen molar-refractivity contribution < 1.29 is 8.42 Å². The molecule has 0 N–H and O–H groups in total. The van der Waals surface area contributed by atoms with E-state index in [0.717, 1.165) is 41.7 Å². The Labute approximate surface area is 139 Å². The van der Waals surface area contributed by atoms with Crippen molar-refractivity contribution in [3.8, 4) is 0 Å². The maximum Gasteiger partial charge on any atom is 0.253 e. The molecular weight excluding hydrogens is 342 g/mol. The van der Waals surface area contributed by atoms with Gasteiger partial charge in [-0.15, -0.1) is 11.3 Å². The Balaban J connectivity index is 1.99. The zero-order valence-corrected chi connectivity index (χ0v) is 14.9. The highest BCUT2D eigenvalue weighted by Crippen LogP contribution is 2.38. The van der Waals surface area contributed by atoms with Crippen molar-refractivity contribution in [2.24, 2.45) is 7.05 Å². The van der Waals surface area contributed by atoms with Crippen LogP contribution in [0, 0.1) is 6.92 Å². The van der Waals surface area contributed by atoms with Gasteiger partial charge in [0.15, 0.2) is 0 Å². The Morgan fingerprint density at radius 3 is 2.77 bits per heavy atom. The molecular formula is C14H18ClN3O2S2. The molecule has 3 rings (SSSR count). The third-order valence-corrected chi connectivity index (χ3v) is 7.87. The van der Waals surface area contributed by atoms with Crippen molar-refractivity contribution in [2.75, 3.05) is 6.54 Å². The first-order valence-electron chi connectivity index (χ1n) is 7.16. The molecule has 22 heavy (non-hydrogen) atoms. The van der Waals surface area contributed by atoms with Gasteiger partial charge in [-0.3, -0.25) is 4.68 Å². The first-order chi connectivity index (χ1) is 10.4. The summed E-state index contributed by atoms with van der Waals surface area (Å²) in [6.45, 7) is 2.36. The van der Waals surface area contributed by atoms with Crippen LogP contribution in [0.3, 0.4) is 0 Å². The molecule has 3 heterocycles. The second-order valence-electron chi connectivity index (χ2n) is 5.60. The van der Waals surface area contributed by atoms with Gasteiger partial charge >= 0.3 is 0 Å². The lowest BCUT2D eigenvalue weighted by Crippen LogP contribution is -2.38. The van der Waals surface area contributed by atoms with E-state index in [1.807, 2.05) is 20.2 Å². The van der Waals surface area contributed by atoms with Gasteiger partial charge in [-0.2, -0.15) is 9.40 Å². The van der Waals surface area contributed by atoms with Crippen molar-refractivity contribution in [2.45, 2.75) is 36.4 Å². The van der Waals surface area contributed by atoms with Crippen LogP contribution < -0.4 is 0 Å². The van der Waals surface area contributed by atoms with E-state index in [4.69, 9.17) is 11.6 Å². The third-order valence-electron chi connectivity index (χ3n) is 3.96. The van der Waals surface area contributed by atoms with Gasteiger partial charge in [0.25, 0.3) is 10.0 Å². The maximum atomic E-state index is 13.0. The summed E-state index contributed by atoms with van der Waals surface area (Å²) < 4.78 is 30.2. The molecule has 5 nitrogen and oxygen atoms in total. The van der Waals surface area contributed by atoms with E-state index in [1.165, 1.54) is 0 Å². The lowest BCUT2D eigenvalue weighted by atomic mass is 10.0. The Morgan fingerprint density at radius 2 is 2.18 bits per heavy atom. The average Bonchev–Trinajstić information content (AvgIpc) is 3.06. The molecule has 0 saturated carbocycles. The predicted octanol–water partition coefficient (Wildman–Crippen LogP) is 3.36. The van der Waals surface area contributed by atoms with E-state index in [-0.39, 0.29) is 6.04 Å². The van der Waals surface area contributed by atoms with E-state index in [9.17, 15) is 8.42 Å². The molecule has 2 aromatic rings. The Morgan fingerprint density at radius 1 is 1.41 bits per heavy atom. The van der Waals surface area contributed by atoms with E-state index in [0.29, 0.717) is 15.1 Å². The molecule has 0 aromatic carbocycles. The normalized spacial score (nSPS) is 20.4. The SMILES string of the molecule is Cc1cc(S(=O)(=O)N2CCCCC2c2cnn(C)c2)sc1Cl. The summed E-state index contributed by atoms with van der Waals surface area (Å²) in [6.07, 6.45) is 6.38. The van der Waals surface area contributed by atoms with Crippen LogP contribution in [0.1, 0.15) is 36.4 Å². The fourth-order valence-electron chi connectivity index (χ4n) is 2.81. The van der Waals surface area contributed by atoms with E-state index in [2.05, 4.69) is 5.10 Å². The summed E-state index contributed by atoms with van der Waals surface area (Å²) in [7, 11) is -1.68. The second-order valence-corrected chi connectivity index (χ2v) is 9.37. The van der Waals surface area contributed by atoms with Crippen molar-refractivity contribution in [1.29, 1.82) is 0 Å². The highest BCUT2D eigenvalue weighted by molar-refractivity contribution is 7.91. The minimum atomic E-state index is -3.52. The molecule has 120 valence electrons. The average molecular weight is 360 g/mol. The number of sulfonamides is 1. The smallest absolute Gasteiger partial charge is 0.253 e. The number of piperidine rings is 1. The minimum Gasteiger partial charge on any atom is -0.275 e. The van der Waals surface area contributed by atoms with Crippen molar-refractivity contribution in [1.82, 2.24) is 14.1 Å². The van der Waals surface area contributed by atoms with Crippen molar-refractivity contribution in [3.63, 3.8) is 0 Å². The second kappa shape index (κ2) is 5.96. The number of rotatable bonds is 3. The van der Waals surface area contributed by atoms with Crippen LogP contribution >= 0.6 is 22.9 Å². The zero-order chi connectivity index (χ0) is 15.9. The van der Waals surface area contributed by atoms with Gasteiger partial charge in [0.05, 0.1) is 16.6 Å². The Kier molecular flexibility index (Phi) is 4.33. The number of hydrogen-bond acceptors (Lipinski definition) is 4. The summed E-state index contributed by atoms with van der Waals surface area (Å²) in [5, 5.41) is 4.18. The van der Waals surface area contributed by atoms with Gasteiger partial charge in [0.2, 0.25) is 0 Å². The number of thiophene rings is 1. The first kappa shape index (κ1) is 16.0. The molecule has 0 radical (unpaired) electrons. The lowest BCUT2D eigenvalue weighted by Gasteiger charge is -2.33. The number of aryl methyl sites for hydroxylation is 2. The molecule has 1 unspecified atom stereocenters. The number of hydrogen-bond donors (Lipinski definition) is 0. The monoisotopic (exact) mass is 359 g/mol. The van der Waals surface area contributed by atoms with Crippen LogP contribution in [-0.2, 0) is 17.1 Å². The standard InChI is InChI=1S/C14H18ClN3O2S2/c1-10-7-13(21-14(10)15)22(19,20)18-6-4-3-5-12(18)11-8-16-17(2)9-11/h7-9,12H,3-6H2,1-2H3. The lowest BCUT2D eigenvalue weighted by molar-refractivity contribution is 0.256. The van der Waals surface area contributed by atoms with Crippen LogP contribution in [0.4, 0.5) is 0 Å². The summed E-state index contributed by atoms with van der Waals surface area (Å²) in [6, 6.07) is 1.52. The van der Waals surface area contributed by atoms with Gasteiger partial charge in [0.1, 0.15) is 4.21 Å². The van der Waals surface area contributed by atoms with Gasteiger partial charge in [0, 0.05) is 25.4 Å². The molecule has 1 saturated heterocycles. The van der Waals surface area contributed by atoms with Gasteiger partial charge < -0.3 is 0 Å². The largest absolute Gasteiger partial charge is 0.275 e. The highest BCUT2D eigenvalue weighted by Gasteiger charge is 2.36. The molecule has 8 heteroatoms. The molecule has 0 aliphatic carbocycles. The quantitative estimate of drug-likeness (QED) is 0.844. The summed E-state index contributed by atoms with van der Waals surface area (Å²) in [4.78, 5) is 0. The molecule has 0 spiro atoms. The van der Waals surface area contributed by atoms with Crippen LogP contribution in [0.2, 0.25) is 4.34 Å². The topological polar surface area (TPSA) is 55.2 Å². The summed E-state index contributed by atoms with van der Waals surface area (Å²) in [5.74, 6) is 0. The van der Waals surface area contributed by atoms with E-state index >= 15 is 0 Å². The van der Waals surface area contributed by atoms with Crippen molar-refractivity contribution in [3.05, 3.63) is 33.9 Å². The van der Waals surface area contributed by atoms with Crippen LogP contribution in [-0.4, -0.2) is 29.0 Å². The van der Waals surface area contributed by atoms with Crippen LogP contribution in [0.5, 0.6) is 0 Å². The molecule has 1 atom stereocenters. The van der Waals surface area contributed by atoms with E-state index in [1.54, 1.807) is 21.3 Å². The molecule has 1 aliphatic rings. The van der Waals surface area contributed by atoms with Gasteiger partial charge in [-0.05, 0) is 31.4 Å². The molecule has 1 aliphatic heterocycles. The maximum absolute atomic E-state index is 13.0. The Hall–Kier alpha value is -0.890. The fraction of sp³-hybridized carbons (Fsp3) is 0.500. The summed E-state index contributed by atoms with van der Waals surface area (Å²) in [5.41, 5.74) is 1.75. The van der Waals surface area contributed by atoms with Gasteiger partial charge in [-0.1, -0.05) is 18.0 Å². The first-order valence-corrected chi connectivity index (χ1v) is 9.79. The highest BCUT2D eigenvalue weighted by atomic mass is 35.5. The van der Waals surface area contributed by atoms with Gasteiger partial charge in [-0.25, -0.2) is 8.42 Å². The van der Waals surface area contributed by atoms with E-state index < -0.39 is 10.0 Å². The number of halogens is 1. The predicted molar refractivity (Wildman–Crippen MR) is 87.8 cm³/mol. The molecule has 2 aromatic heterocycles. The number of aromatic nitrogens is 2. The third kappa shape index (κ3) is 2.82. The summed E-state index contributed by atoms with van der Waals surface area (Å²) >= 11 is 7.19. The van der Waals surface area contributed by atoms with Crippen LogP contribution in [0.15, 0.2) is 22.7 Å². The fourth-order valence-corrected chi connectivity index (χ4v) is 6.33. The molecule has 0 bridgehead atoms. The number of nitrogens with zero attached hydrogens (tertiary/aromatic N) is 3. The minimum absolute atomic E-state index is 0.145. The molecule has 0 amide bonds. The zero-order valence-electron chi connectivity index (χ0n) is 12.5. The van der Waals surface area contributed by atoms with Crippen molar-refractivity contribution >= 4 is 33.0 Å². The molecule has 1 fully saturated rings.